The lowest BCUT2D eigenvalue weighted by Gasteiger charge is -2.17. The lowest BCUT2D eigenvalue weighted by molar-refractivity contribution is 0.295. The molecule has 0 atom stereocenters. The van der Waals surface area contributed by atoms with Crippen LogP contribution >= 0.6 is 11.3 Å². The predicted octanol–water partition coefficient (Wildman–Crippen LogP) is 5.36. The Morgan fingerprint density at radius 1 is 1.04 bits per heavy atom. The molecule has 4 aromatic rings. The van der Waals surface area contributed by atoms with E-state index in [0.717, 1.165) is 41.8 Å². The molecule has 4 nitrogen and oxygen atoms in total. The number of hydrogen-bond acceptors (Lipinski definition) is 4. The highest BCUT2D eigenvalue weighted by molar-refractivity contribution is 7.09. The number of fused-ring (bicyclic) bond motifs is 1. The Hall–Kier alpha value is -2.63. The lowest BCUT2D eigenvalue weighted by atomic mass is 10.1. The first-order valence-electron chi connectivity index (χ1n) is 9.71. The van der Waals surface area contributed by atoms with E-state index >= 15 is 0 Å². The third-order valence-corrected chi connectivity index (χ3v) is 6.08. The number of aromatic hydroxyl groups is 1. The molecule has 0 saturated heterocycles. The van der Waals surface area contributed by atoms with Gasteiger partial charge < -0.3 is 9.67 Å². The molecule has 3 heterocycles. The van der Waals surface area contributed by atoms with Gasteiger partial charge in [0.25, 0.3) is 0 Å². The molecule has 0 fully saturated rings. The number of pyridine rings is 1. The molecule has 5 heteroatoms. The van der Waals surface area contributed by atoms with Gasteiger partial charge in [0.1, 0.15) is 0 Å². The van der Waals surface area contributed by atoms with E-state index < -0.39 is 0 Å². The normalized spacial score (nSPS) is 11.5. The molecule has 0 saturated carbocycles. The van der Waals surface area contributed by atoms with Crippen molar-refractivity contribution < 1.29 is 5.11 Å². The van der Waals surface area contributed by atoms with Gasteiger partial charge in [-0.15, -0.1) is 11.3 Å². The molecule has 0 amide bonds. The van der Waals surface area contributed by atoms with E-state index in [9.17, 15) is 5.11 Å². The quantitative estimate of drug-likeness (QED) is 0.461. The summed E-state index contributed by atoms with van der Waals surface area (Å²) in [6, 6.07) is 16.4. The van der Waals surface area contributed by atoms with Gasteiger partial charge in [-0.05, 0) is 42.2 Å². The number of thiophene rings is 1. The first kappa shape index (κ1) is 18.7. The fourth-order valence-electron chi connectivity index (χ4n) is 3.63. The number of hydrogen-bond donors (Lipinski definition) is 1. The van der Waals surface area contributed by atoms with E-state index in [1.165, 1.54) is 10.4 Å². The molecule has 4 rings (SSSR count). The van der Waals surface area contributed by atoms with Crippen LogP contribution in [0.4, 0.5) is 0 Å². The second-order valence-corrected chi connectivity index (χ2v) is 7.93. The number of para-hydroxylation sites is 1. The molecule has 28 heavy (non-hydrogen) atoms. The Kier molecular flexibility index (Phi) is 5.46. The molecular formula is C23H25N3OS. The average molecular weight is 392 g/mol. The van der Waals surface area contributed by atoms with Crippen molar-refractivity contribution in [3.8, 4) is 17.1 Å². The smallest absolute Gasteiger partial charge is 0.202 e. The second-order valence-electron chi connectivity index (χ2n) is 6.89. The molecule has 0 aliphatic carbocycles. The summed E-state index contributed by atoms with van der Waals surface area (Å²) in [5.41, 5.74) is 3.83. The molecular weight excluding hydrogens is 366 g/mol. The van der Waals surface area contributed by atoms with Crippen LogP contribution in [0, 0.1) is 0 Å². The van der Waals surface area contributed by atoms with Crippen LogP contribution in [-0.4, -0.2) is 32.6 Å². The average Bonchev–Trinajstić information content (AvgIpc) is 3.34. The van der Waals surface area contributed by atoms with Gasteiger partial charge in [0, 0.05) is 23.0 Å². The summed E-state index contributed by atoms with van der Waals surface area (Å²) in [5, 5.41) is 14.2. The topological polar surface area (TPSA) is 41.3 Å². The highest BCUT2D eigenvalue weighted by Gasteiger charge is 2.19. The van der Waals surface area contributed by atoms with Crippen LogP contribution < -0.4 is 0 Å². The highest BCUT2D eigenvalue weighted by atomic mass is 32.1. The van der Waals surface area contributed by atoms with E-state index in [-0.39, 0.29) is 5.88 Å². The zero-order chi connectivity index (χ0) is 19.5. The fraction of sp³-hybridized carbons (Fsp3) is 0.261. The molecule has 0 aliphatic rings. The number of nitrogens with zero attached hydrogens (tertiary/aromatic N) is 3. The van der Waals surface area contributed by atoms with E-state index in [4.69, 9.17) is 4.98 Å². The Morgan fingerprint density at radius 2 is 1.86 bits per heavy atom. The molecule has 1 N–H and O–H groups in total. The zero-order valence-electron chi connectivity index (χ0n) is 16.3. The van der Waals surface area contributed by atoms with Crippen LogP contribution in [0.1, 0.15) is 24.3 Å². The van der Waals surface area contributed by atoms with Crippen molar-refractivity contribution in [1.82, 2.24) is 14.5 Å². The molecule has 3 aromatic heterocycles. The molecule has 144 valence electrons. The Balaban J connectivity index is 1.73. The maximum absolute atomic E-state index is 11.1. The molecule has 0 radical (unpaired) electrons. The van der Waals surface area contributed by atoms with Crippen LogP contribution in [0.25, 0.3) is 22.2 Å². The number of aromatic nitrogens is 2. The maximum atomic E-state index is 11.1. The summed E-state index contributed by atoms with van der Waals surface area (Å²) in [6.07, 6.45) is 1.93. The van der Waals surface area contributed by atoms with Gasteiger partial charge in [-0.1, -0.05) is 44.2 Å². The van der Waals surface area contributed by atoms with Crippen LogP contribution in [0.5, 0.6) is 5.88 Å². The van der Waals surface area contributed by atoms with Gasteiger partial charge in [0.05, 0.1) is 23.3 Å². The molecule has 0 aliphatic heterocycles. The number of benzene rings is 1. The minimum Gasteiger partial charge on any atom is -0.494 e. The van der Waals surface area contributed by atoms with Crippen molar-refractivity contribution in [1.29, 1.82) is 0 Å². The van der Waals surface area contributed by atoms with E-state index in [1.807, 2.05) is 35.0 Å². The second kappa shape index (κ2) is 8.17. The largest absolute Gasteiger partial charge is 0.494 e. The molecule has 1 aromatic carbocycles. The van der Waals surface area contributed by atoms with Gasteiger partial charge in [0.15, 0.2) is 0 Å². The minimum atomic E-state index is 0.276. The SMILES string of the molecule is CCN(CC)Cc1ccc(-c2c(O)n(Cc3cccs3)c3ccccc23)nc1. The Morgan fingerprint density at radius 3 is 2.54 bits per heavy atom. The standard InChI is InChI=1S/C23H25N3OS/c1-3-25(4-2)15-17-11-12-20(24-14-17)22-19-9-5-6-10-21(19)26(23(22)27)16-18-8-7-13-28-18/h5-14,27H,3-4,15-16H2,1-2H3. The summed E-state index contributed by atoms with van der Waals surface area (Å²) >= 11 is 1.70. The first-order valence-corrected chi connectivity index (χ1v) is 10.6. The summed E-state index contributed by atoms with van der Waals surface area (Å²) in [4.78, 5) is 8.27. The van der Waals surface area contributed by atoms with Crippen molar-refractivity contribution in [3.63, 3.8) is 0 Å². The van der Waals surface area contributed by atoms with Gasteiger partial charge in [-0.25, -0.2) is 0 Å². The maximum Gasteiger partial charge on any atom is 0.202 e. The molecule has 0 unspecified atom stereocenters. The summed E-state index contributed by atoms with van der Waals surface area (Å²) in [7, 11) is 0. The number of rotatable bonds is 7. The van der Waals surface area contributed by atoms with Crippen molar-refractivity contribution in [2.45, 2.75) is 26.9 Å². The van der Waals surface area contributed by atoms with Crippen LogP contribution in [0.3, 0.4) is 0 Å². The van der Waals surface area contributed by atoms with Crippen LogP contribution in [0.2, 0.25) is 0 Å². The van der Waals surface area contributed by atoms with Crippen molar-refractivity contribution in [2.24, 2.45) is 0 Å². The van der Waals surface area contributed by atoms with Crippen LogP contribution in [-0.2, 0) is 13.1 Å². The fourth-order valence-corrected chi connectivity index (χ4v) is 4.32. The Labute approximate surface area is 169 Å². The zero-order valence-corrected chi connectivity index (χ0v) is 17.1. The highest BCUT2D eigenvalue weighted by Crippen LogP contribution is 2.39. The predicted molar refractivity (Wildman–Crippen MR) is 117 cm³/mol. The van der Waals surface area contributed by atoms with Crippen LogP contribution in [0.15, 0.2) is 60.1 Å². The summed E-state index contributed by atoms with van der Waals surface area (Å²) in [6.45, 7) is 7.94. The summed E-state index contributed by atoms with van der Waals surface area (Å²) < 4.78 is 1.97. The van der Waals surface area contributed by atoms with E-state index in [0.29, 0.717) is 6.54 Å². The van der Waals surface area contributed by atoms with Gasteiger partial charge in [-0.2, -0.15) is 0 Å². The molecule has 0 bridgehead atoms. The van der Waals surface area contributed by atoms with Crippen molar-refractivity contribution in [2.75, 3.05) is 13.1 Å². The monoisotopic (exact) mass is 391 g/mol. The lowest BCUT2D eigenvalue weighted by Crippen LogP contribution is -2.22. The van der Waals surface area contributed by atoms with E-state index in [1.54, 1.807) is 11.3 Å². The van der Waals surface area contributed by atoms with E-state index in [2.05, 4.69) is 48.4 Å². The third-order valence-electron chi connectivity index (χ3n) is 5.22. The Bertz CT molecular complexity index is 1050. The first-order chi connectivity index (χ1) is 13.7. The summed E-state index contributed by atoms with van der Waals surface area (Å²) in [5.74, 6) is 0.276. The van der Waals surface area contributed by atoms with Crippen molar-refractivity contribution in [3.05, 3.63) is 70.5 Å². The minimum absolute atomic E-state index is 0.276. The third kappa shape index (κ3) is 3.55. The van der Waals surface area contributed by atoms with Crippen molar-refractivity contribution >= 4 is 22.2 Å². The molecule has 0 spiro atoms. The van der Waals surface area contributed by atoms with Gasteiger partial charge in [-0.3, -0.25) is 9.88 Å². The van der Waals surface area contributed by atoms with Gasteiger partial charge >= 0.3 is 0 Å². The van der Waals surface area contributed by atoms with Gasteiger partial charge in [0.2, 0.25) is 5.88 Å².